The zero-order chi connectivity index (χ0) is 21.8. The third-order valence-corrected chi connectivity index (χ3v) is 4.54. The van der Waals surface area contributed by atoms with Gasteiger partial charge in [0.25, 0.3) is 5.56 Å². The van der Waals surface area contributed by atoms with Gasteiger partial charge in [-0.25, -0.2) is 18.2 Å². The fourth-order valence-corrected chi connectivity index (χ4v) is 3.16. The van der Waals surface area contributed by atoms with Crippen LogP contribution in [0.2, 0.25) is 5.02 Å². The number of carbonyl (C=O) groups is 1. The highest BCUT2D eigenvalue weighted by molar-refractivity contribution is 6.31. The number of hydrogen-bond acceptors (Lipinski definition) is 4. The third kappa shape index (κ3) is 4.98. The number of carbonyl (C=O) groups excluding carboxylic acids is 1. The van der Waals surface area contributed by atoms with Crippen molar-refractivity contribution in [2.45, 2.75) is 19.9 Å². The number of fused-ring (bicyclic) bond motifs is 1. The Balaban J connectivity index is 1.76. The lowest BCUT2D eigenvalue weighted by Gasteiger charge is -2.20. The van der Waals surface area contributed by atoms with Gasteiger partial charge < -0.3 is 10.3 Å². The van der Waals surface area contributed by atoms with E-state index in [1.807, 2.05) is 6.92 Å². The Labute approximate surface area is 174 Å². The molecule has 3 aromatic rings. The number of nitrogens with one attached hydrogen (secondary N) is 2. The quantitative estimate of drug-likeness (QED) is 0.549. The highest BCUT2D eigenvalue weighted by atomic mass is 35.5. The minimum atomic E-state index is -1.66. The summed E-state index contributed by atoms with van der Waals surface area (Å²) < 4.78 is 40.2. The first-order valence-corrected chi connectivity index (χ1v) is 9.50. The molecule has 0 unspecified atom stereocenters. The Morgan fingerprint density at radius 3 is 2.70 bits per heavy atom. The van der Waals surface area contributed by atoms with Gasteiger partial charge in [0.1, 0.15) is 5.82 Å². The third-order valence-electron chi connectivity index (χ3n) is 4.31. The molecule has 0 saturated heterocycles. The average molecular weight is 439 g/mol. The summed E-state index contributed by atoms with van der Waals surface area (Å²) in [7, 11) is 0. The number of anilines is 1. The standard InChI is InChI=1S/C20H18ClF3N4O2/c1-2-7-28(10-17(29)26-14-6-5-13(22)18(23)19(14)24)9-16-25-15-8-11(21)3-4-12(15)20(30)27-16/h3-6,8H,2,7,9-10H2,1H3,(H,26,29)(H,25,27,30). The molecule has 0 aliphatic carbocycles. The zero-order valence-electron chi connectivity index (χ0n) is 15.9. The van der Waals surface area contributed by atoms with Gasteiger partial charge in [-0.2, -0.15) is 0 Å². The van der Waals surface area contributed by atoms with Gasteiger partial charge >= 0.3 is 0 Å². The van der Waals surface area contributed by atoms with Crippen LogP contribution in [0.3, 0.4) is 0 Å². The summed E-state index contributed by atoms with van der Waals surface area (Å²) in [5.74, 6) is -4.77. The molecule has 2 N–H and O–H groups in total. The lowest BCUT2D eigenvalue weighted by molar-refractivity contribution is -0.117. The number of hydrogen-bond donors (Lipinski definition) is 2. The Morgan fingerprint density at radius 1 is 1.20 bits per heavy atom. The summed E-state index contributed by atoms with van der Waals surface area (Å²) in [4.78, 5) is 33.3. The van der Waals surface area contributed by atoms with Gasteiger partial charge in [-0.15, -0.1) is 0 Å². The number of aromatic amines is 1. The molecular weight excluding hydrogens is 421 g/mol. The van der Waals surface area contributed by atoms with Crippen molar-refractivity contribution in [2.75, 3.05) is 18.4 Å². The van der Waals surface area contributed by atoms with Crippen LogP contribution in [0.5, 0.6) is 0 Å². The van der Waals surface area contributed by atoms with Crippen LogP contribution in [0, 0.1) is 17.5 Å². The van der Waals surface area contributed by atoms with E-state index in [1.165, 1.54) is 0 Å². The number of amides is 1. The Kier molecular flexibility index (Phi) is 6.73. The SMILES string of the molecule is CCCN(CC(=O)Nc1ccc(F)c(F)c1F)Cc1nc2cc(Cl)ccc2c(=O)[nH]1. The van der Waals surface area contributed by atoms with E-state index in [-0.39, 0.29) is 18.6 Å². The summed E-state index contributed by atoms with van der Waals surface area (Å²) >= 11 is 5.96. The minimum Gasteiger partial charge on any atom is -0.322 e. The van der Waals surface area contributed by atoms with E-state index in [1.54, 1.807) is 23.1 Å². The number of halogens is 4. The number of H-pyrrole nitrogens is 1. The van der Waals surface area contributed by atoms with Crippen LogP contribution in [0.4, 0.5) is 18.9 Å². The molecule has 0 aliphatic heterocycles. The molecule has 1 heterocycles. The van der Waals surface area contributed by atoms with E-state index < -0.39 is 29.0 Å². The lowest BCUT2D eigenvalue weighted by Crippen LogP contribution is -2.34. The summed E-state index contributed by atoms with van der Waals surface area (Å²) in [5.41, 5.74) is -0.371. The van der Waals surface area contributed by atoms with Crippen LogP contribution in [0.15, 0.2) is 35.1 Å². The molecule has 3 rings (SSSR count). The molecule has 1 amide bonds. The topological polar surface area (TPSA) is 78.1 Å². The van der Waals surface area contributed by atoms with Gasteiger partial charge in [0.05, 0.1) is 29.7 Å². The van der Waals surface area contributed by atoms with Crippen LogP contribution in [-0.2, 0) is 11.3 Å². The molecule has 0 aliphatic rings. The smallest absolute Gasteiger partial charge is 0.258 e. The predicted octanol–water partition coefficient (Wildman–Crippen LogP) is 3.84. The first-order chi connectivity index (χ1) is 14.3. The van der Waals surface area contributed by atoms with Crippen molar-refractivity contribution in [3.63, 3.8) is 0 Å². The number of nitrogens with zero attached hydrogens (tertiary/aromatic N) is 2. The van der Waals surface area contributed by atoms with Crippen LogP contribution in [0.25, 0.3) is 10.9 Å². The zero-order valence-corrected chi connectivity index (χ0v) is 16.7. The van der Waals surface area contributed by atoms with Crippen LogP contribution in [0.1, 0.15) is 19.2 Å². The summed E-state index contributed by atoms with van der Waals surface area (Å²) in [5, 5.41) is 3.05. The summed E-state index contributed by atoms with van der Waals surface area (Å²) in [6.45, 7) is 2.34. The van der Waals surface area contributed by atoms with Gasteiger partial charge in [-0.05, 0) is 43.3 Å². The molecule has 158 valence electrons. The highest BCUT2D eigenvalue weighted by Gasteiger charge is 2.18. The number of aromatic nitrogens is 2. The van der Waals surface area contributed by atoms with Crippen molar-refractivity contribution < 1.29 is 18.0 Å². The van der Waals surface area contributed by atoms with E-state index in [2.05, 4.69) is 15.3 Å². The lowest BCUT2D eigenvalue weighted by atomic mass is 10.2. The maximum absolute atomic E-state index is 13.8. The molecule has 0 bridgehead atoms. The molecule has 0 atom stereocenters. The summed E-state index contributed by atoms with van der Waals surface area (Å²) in [6, 6.07) is 6.40. The molecule has 1 aromatic heterocycles. The molecule has 30 heavy (non-hydrogen) atoms. The molecule has 2 aromatic carbocycles. The normalized spacial score (nSPS) is 11.3. The highest BCUT2D eigenvalue weighted by Crippen LogP contribution is 2.20. The average Bonchev–Trinajstić information content (AvgIpc) is 2.68. The molecule has 0 spiro atoms. The molecule has 10 heteroatoms. The van der Waals surface area contributed by atoms with Crippen molar-refractivity contribution >= 4 is 34.1 Å². The van der Waals surface area contributed by atoms with Gasteiger partial charge in [0, 0.05) is 5.02 Å². The first kappa shape index (κ1) is 21.8. The van der Waals surface area contributed by atoms with Crippen molar-refractivity contribution in [3.8, 4) is 0 Å². The van der Waals surface area contributed by atoms with Crippen LogP contribution in [-0.4, -0.2) is 33.9 Å². The van der Waals surface area contributed by atoms with Crippen LogP contribution >= 0.6 is 11.6 Å². The second kappa shape index (κ2) is 9.27. The number of rotatable bonds is 7. The molecule has 0 fully saturated rings. The van der Waals surface area contributed by atoms with Crippen LogP contribution < -0.4 is 10.9 Å². The van der Waals surface area contributed by atoms with Gasteiger partial charge in [-0.1, -0.05) is 18.5 Å². The number of benzene rings is 2. The van der Waals surface area contributed by atoms with E-state index in [0.29, 0.717) is 34.7 Å². The fourth-order valence-electron chi connectivity index (χ4n) is 2.99. The van der Waals surface area contributed by atoms with Crippen molar-refractivity contribution in [2.24, 2.45) is 0 Å². The van der Waals surface area contributed by atoms with Crippen molar-refractivity contribution in [3.05, 3.63) is 69.0 Å². The van der Waals surface area contributed by atoms with E-state index in [9.17, 15) is 22.8 Å². The second-order valence-corrected chi connectivity index (χ2v) is 7.09. The van der Waals surface area contributed by atoms with E-state index in [0.717, 1.165) is 12.1 Å². The first-order valence-electron chi connectivity index (χ1n) is 9.12. The Bertz CT molecular complexity index is 1150. The molecule has 0 saturated carbocycles. The predicted molar refractivity (Wildman–Crippen MR) is 108 cm³/mol. The molecule has 6 nitrogen and oxygen atoms in total. The Hall–Kier alpha value is -2.91. The molecular formula is C20H18ClF3N4O2. The van der Waals surface area contributed by atoms with E-state index in [4.69, 9.17) is 11.6 Å². The van der Waals surface area contributed by atoms with Crippen molar-refractivity contribution in [1.29, 1.82) is 0 Å². The summed E-state index contributed by atoms with van der Waals surface area (Å²) in [6.07, 6.45) is 0.691. The fraction of sp³-hybridized carbons (Fsp3) is 0.250. The maximum atomic E-state index is 13.8. The minimum absolute atomic E-state index is 0.138. The largest absolute Gasteiger partial charge is 0.322 e. The van der Waals surface area contributed by atoms with Gasteiger partial charge in [0.2, 0.25) is 5.91 Å². The molecule has 0 radical (unpaired) electrons. The van der Waals surface area contributed by atoms with Gasteiger partial charge in [-0.3, -0.25) is 14.5 Å². The Morgan fingerprint density at radius 2 is 1.97 bits per heavy atom. The monoisotopic (exact) mass is 438 g/mol. The van der Waals surface area contributed by atoms with E-state index >= 15 is 0 Å². The van der Waals surface area contributed by atoms with Crippen molar-refractivity contribution in [1.82, 2.24) is 14.9 Å². The maximum Gasteiger partial charge on any atom is 0.258 e. The second-order valence-electron chi connectivity index (χ2n) is 6.66. The van der Waals surface area contributed by atoms with Gasteiger partial charge in [0.15, 0.2) is 17.5 Å².